The first-order valence-electron chi connectivity index (χ1n) is 11.2. The Bertz CT molecular complexity index is 1020. The molecule has 0 spiro atoms. The van der Waals surface area contributed by atoms with Crippen LogP contribution in [0.1, 0.15) is 42.7 Å². The van der Waals surface area contributed by atoms with Crippen molar-refractivity contribution in [3.05, 3.63) is 59.7 Å². The van der Waals surface area contributed by atoms with Crippen molar-refractivity contribution in [2.75, 3.05) is 13.2 Å². The molecule has 2 aromatic rings. The second kappa shape index (κ2) is 8.30. The quantitative estimate of drug-likeness (QED) is 0.752. The number of fused-ring (bicyclic) bond motifs is 3. The molecule has 2 amide bonds. The fourth-order valence-corrected chi connectivity index (χ4v) is 5.34. The standard InChI is InChI=1S/C25H26N2O5/c28-23(27-13-12-22(27)24(29)30)19-10-5-11-21(19)26-25(31)32-14-20-17-8-3-1-6-15(17)16-7-2-4-9-18(16)20/h1-4,6-9,19-22H,5,10-14H2,(H,26,31)(H,29,30)/t19-,21+,22?/m0/s1. The molecule has 2 aliphatic carbocycles. The Morgan fingerprint density at radius 1 is 0.969 bits per heavy atom. The van der Waals surface area contributed by atoms with E-state index in [1.165, 1.54) is 16.0 Å². The number of carboxylic acids is 1. The summed E-state index contributed by atoms with van der Waals surface area (Å²) in [6.07, 6.45) is 2.10. The van der Waals surface area contributed by atoms with Crippen LogP contribution < -0.4 is 5.32 Å². The second-order valence-electron chi connectivity index (χ2n) is 8.79. The number of nitrogens with one attached hydrogen (secondary N) is 1. The fourth-order valence-electron chi connectivity index (χ4n) is 5.34. The summed E-state index contributed by atoms with van der Waals surface area (Å²) in [5, 5.41) is 12.1. The summed E-state index contributed by atoms with van der Waals surface area (Å²) < 4.78 is 5.62. The first-order valence-corrected chi connectivity index (χ1v) is 11.2. The highest BCUT2D eigenvalue weighted by Crippen LogP contribution is 2.44. The number of benzene rings is 2. The Balaban J connectivity index is 1.22. The van der Waals surface area contributed by atoms with E-state index in [9.17, 15) is 19.5 Å². The second-order valence-corrected chi connectivity index (χ2v) is 8.79. The molecule has 5 rings (SSSR count). The molecule has 32 heavy (non-hydrogen) atoms. The van der Waals surface area contributed by atoms with E-state index in [2.05, 4.69) is 29.6 Å². The number of aliphatic carboxylic acids is 1. The predicted octanol–water partition coefficient (Wildman–Crippen LogP) is 3.38. The predicted molar refractivity (Wildman–Crippen MR) is 117 cm³/mol. The van der Waals surface area contributed by atoms with Crippen LogP contribution in [0.4, 0.5) is 4.79 Å². The van der Waals surface area contributed by atoms with Crippen LogP contribution in [0.2, 0.25) is 0 Å². The molecule has 0 bridgehead atoms. The van der Waals surface area contributed by atoms with Crippen LogP contribution in [-0.4, -0.2) is 53.2 Å². The van der Waals surface area contributed by atoms with E-state index in [0.29, 0.717) is 25.8 Å². The van der Waals surface area contributed by atoms with E-state index in [-0.39, 0.29) is 24.5 Å². The lowest BCUT2D eigenvalue weighted by Crippen LogP contribution is -2.58. The molecule has 166 valence electrons. The topological polar surface area (TPSA) is 95.9 Å². The first kappa shape index (κ1) is 20.5. The molecule has 1 unspecified atom stereocenters. The number of likely N-dealkylation sites (tertiary alicyclic amines) is 1. The van der Waals surface area contributed by atoms with Gasteiger partial charge in [0.25, 0.3) is 0 Å². The third kappa shape index (κ3) is 3.51. The van der Waals surface area contributed by atoms with Crippen molar-refractivity contribution < 1.29 is 24.2 Å². The smallest absolute Gasteiger partial charge is 0.407 e. The van der Waals surface area contributed by atoms with E-state index in [1.54, 1.807) is 0 Å². The highest BCUT2D eigenvalue weighted by Gasteiger charge is 2.44. The maximum Gasteiger partial charge on any atom is 0.407 e. The zero-order valence-electron chi connectivity index (χ0n) is 17.7. The Hall–Kier alpha value is -3.35. The molecular formula is C25H26N2O5. The minimum Gasteiger partial charge on any atom is -0.480 e. The number of alkyl carbamates (subject to hydrolysis) is 1. The summed E-state index contributed by atoms with van der Waals surface area (Å²) >= 11 is 0. The normalized spacial score (nSPS) is 23.8. The Labute approximate surface area is 186 Å². The van der Waals surface area contributed by atoms with Gasteiger partial charge in [-0.1, -0.05) is 55.0 Å². The van der Waals surface area contributed by atoms with Gasteiger partial charge in [0.1, 0.15) is 12.6 Å². The van der Waals surface area contributed by atoms with Gasteiger partial charge in [0, 0.05) is 18.5 Å². The van der Waals surface area contributed by atoms with Gasteiger partial charge in [0.2, 0.25) is 5.91 Å². The molecule has 7 heteroatoms. The minimum atomic E-state index is -0.969. The maximum atomic E-state index is 12.8. The van der Waals surface area contributed by atoms with Crippen LogP contribution in [0.25, 0.3) is 11.1 Å². The molecule has 1 aliphatic heterocycles. The number of carbonyl (C=O) groups is 3. The van der Waals surface area contributed by atoms with Crippen molar-refractivity contribution in [3.8, 4) is 11.1 Å². The van der Waals surface area contributed by atoms with Gasteiger partial charge in [-0.2, -0.15) is 0 Å². The lowest BCUT2D eigenvalue weighted by molar-refractivity contribution is -0.159. The average molecular weight is 434 g/mol. The number of carbonyl (C=O) groups excluding carboxylic acids is 2. The zero-order chi connectivity index (χ0) is 22.2. The molecule has 1 heterocycles. The third-order valence-electron chi connectivity index (χ3n) is 7.07. The first-order chi connectivity index (χ1) is 15.5. The Morgan fingerprint density at radius 3 is 2.22 bits per heavy atom. The van der Waals surface area contributed by atoms with Crippen LogP contribution in [0.3, 0.4) is 0 Å². The number of amides is 2. The molecule has 2 aromatic carbocycles. The molecule has 2 N–H and O–H groups in total. The molecule has 3 aliphatic rings. The Morgan fingerprint density at radius 2 is 1.62 bits per heavy atom. The highest BCUT2D eigenvalue weighted by molar-refractivity contribution is 5.87. The molecule has 1 saturated carbocycles. The monoisotopic (exact) mass is 434 g/mol. The molecule has 0 radical (unpaired) electrons. The zero-order valence-corrected chi connectivity index (χ0v) is 17.7. The van der Waals surface area contributed by atoms with Crippen LogP contribution in [0.5, 0.6) is 0 Å². The van der Waals surface area contributed by atoms with Crippen molar-refractivity contribution in [1.29, 1.82) is 0 Å². The largest absolute Gasteiger partial charge is 0.480 e. The lowest BCUT2D eigenvalue weighted by atomic mass is 9.95. The van der Waals surface area contributed by atoms with Crippen molar-refractivity contribution >= 4 is 18.0 Å². The van der Waals surface area contributed by atoms with Gasteiger partial charge >= 0.3 is 12.1 Å². The van der Waals surface area contributed by atoms with E-state index < -0.39 is 24.0 Å². The van der Waals surface area contributed by atoms with E-state index in [1.807, 2.05) is 24.3 Å². The minimum absolute atomic E-state index is 0.0217. The van der Waals surface area contributed by atoms with Gasteiger partial charge in [-0.15, -0.1) is 0 Å². The maximum absolute atomic E-state index is 12.8. The molecule has 7 nitrogen and oxygen atoms in total. The van der Waals surface area contributed by atoms with Gasteiger partial charge < -0.3 is 20.1 Å². The summed E-state index contributed by atoms with van der Waals surface area (Å²) in [5.41, 5.74) is 4.63. The van der Waals surface area contributed by atoms with Crippen LogP contribution in [0, 0.1) is 5.92 Å². The van der Waals surface area contributed by atoms with Crippen LogP contribution >= 0.6 is 0 Å². The summed E-state index contributed by atoms with van der Waals surface area (Å²) in [4.78, 5) is 38.2. The molecule has 2 fully saturated rings. The number of nitrogens with zero attached hydrogens (tertiary/aromatic N) is 1. The van der Waals surface area contributed by atoms with E-state index >= 15 is 0 Å². The average Bonchev–Trinajstić information content (AvgIpc) is 3.33. The summed E-state index contributed by atoms with van der Waals surface area (Å²) in [5.74, 6) is -1.56. The van der Waals surface area contributed by atoms with Gasteiger partial charge in [-0.25, -0.2) is 9.59 Å². The summed E-state index contributed by atoms with van der Waals surface area (Å²) in [6, 6.07) is 15.3. The van der Waals surface area contributed by atoms with Crippen molar-refractivity contribution in [3.63, 3.8) is 0 Å². The highest BCUT2D eigenvalue weighted by atomic mass is 16.5. The summed E-state index contributed by atoms with van der Waals surface area (Å²) in [6.45, 7) is 0.683. The van der Waals surface area contributed by atoms with E-state index in [4.69, 9.17) is 4.74 Å². The lowest BCUT2D eigenvalue weighted by Gasteiger charge is -2.40. The molecule has 0 aromatic heterocycles. The number of ether oxygens (including phenoxy) is 1. The van der Waals surface area contributed by atoms with Crippen LogP contribution in [0.15, 0.2) is 48.5 Å². The Kier molecular flexibility index (Phi) is 5.33. The van der Waals surface area contributed by atoms with Crippen molar-refractivity contribution in [2.45, 2.75) is 43.7 Å². The van der Waals surface area contributed by atoms with Crippen molar-refractivity contribution in [2.24, 2.45) is 5.92 Å². The fraction of sp³-hybridized carbons (Fsp3) is 0.400. The number of hydrogen-bond acceptors (Lipinski definition) is 4. The summed E-state index contributed by atoms with van der Waals surface area (Å²) in [7, 11) is 0. The van der Waals surface area contributed by atoms with Gasteiger partial charge in [0.05, 0.1) is 5.92 Å². The molecular weight excluding hydrogens is 408 g/mol. The van der Waals surface area contributed by atoms with Gasteiger partial charge in [-0.05, 0) is 41.5 Å². The number of carboxylic acid groups (broad SMARTS) is 1. The van der Waals surface area contributed by atoms with Crippen LogP contribution in [-0.2, 0) is 14.3 Å². The molecule has 1 saturated heterocycles. The van der Waals surface area contributed by atoms with Gasteiger partial charge in [0.15, 0.2) is 0 Å². The van der Waals surface area contributed by atoms with E-state index in [0.717, 1.165) is 17.5 Å². The SMILES string of the molecule is O=C(N[C@@H]1CCC[C@@H]1C(=O)N1CCC1C(=O)O)OCC1c2ccccc2-c2ccccc21. The molecule has 3 atom stereocenters. The number of rotatable bonds is 5. The third-order valence-corrected chi connectivity index (χ3v) is 7.07. The van der Waals surface area contributed by atoms with Gasteiger partial charge in [-0.3, -0.25) is 4.79 Å². The number of hydrogen-bond donors (Lipinski definition) is 2. The van der Waals surface area contributed by atoms with Crippen molar-refractivity contribution in [1.82, 2.24) is 10.2 Å².